The molecule has 1 fully saturated rings. The van der Waals surface area contributed by atoms with Crippen molar-refractivity contribution in [1.29, 1.82) is 0 Å². The van der Waals surface area contributed by atoms with Crippen LogP contribution < -0.4 is 10.2 Å². The lowest BCUT2D eigenvalue weighted by molar-refractivity contribution is 0.428. The zero-order valence-electron chi connectivity index (χ0n) is 18.2. The van der Waals surface area contributed by atoms with E-state index in [1.807, 2.05) is 12.1 Å². The molecule has 0 amide bonds. The molecule has 1 N–H and O–H groups in total. The van der Waals surface area contributed by atoms with Crippen molar-refractivity contribution in [2.45, 2.75) is 46.2 Å². The van der Waals surface area contributed by atoms with Gasteiger partial charge in [0.05, 0.1) is 0 Å². The zero-order valence-corrected chi connectivity index (χ0v) is 18.2. The number of halogens is 1. The van der Waals surface area contributed by atoms with Gasteiger partial charge in [0.2, 0.25) is 0 Å². The molecule has 30 heavy (non-hydrogen) atoms. The van der Waals surface area contributed by atoms with Crippen molar-refractivity contribution in [1.82, 2.24) is 5.32 Å². The average Bonchev–Trinajstić information content (AvgIpc) is 2.77. The first-order valence-electron chi connectivity index (χ1n) is 10.9. The fourth-order valence-corrected chi connectivity index (χ4v) is 4.43. The number of aryl methyl sites for hydroxylation is 2. The van der Waals surface area contributed by atoms with Crippen molar-refractivity contribution >= 4 is 5.69 Å². The topological polar surface area (TPSA) is 15.3 Å². The lowest BCUT2D eigenvalue weighted by atomic mass is 9.95. The van der Waals surface area contributed by atoms with Crippen LogP contribution >= 0.6 is 0 Å². The molecule has 1 heterocycles. The van der Waals surface area contributed by atoms with Gasteiger partial charge < -0.3 is 10.2 Å². The minimum absolute atomic E-state index is 0.184. The molecular weight excluding hydrogens is 371 g/mol. The number of anilines is 1. The minimum atomic E-state index is -0.184. The summed E-state index contributed by atoms with van der Waals surface area (Å²) in [4.78, 5) is 2.45. The third-order valence-electron chi connectivity index (χ3n) is 6.45. The van der Waals surface area contributed by atoms with Crippen molar-refractivity contribution in [2.75, 3.05) is 18.0 Å². The van der Waals surface area contributed by atoms with Crippen LogP contribution in [-0.4, -0.2) is 19.1 Å². The fourth-order valence-electron chi connectivity index (χ4n) is 4.43. The Morgan fingerprint density at radius 2 is 1.53 bits per heavy atom. The second-order valence-electron chi connectivity index (χ2n) is 8.52. The van der Waals surface area contributed by atoms with Crippen LogP contribution in [0.25, 0.3) is 11.1 Å². The monoisotopic (exact) mass is 402 g/mol. The summed E-state index contributed by atoms with van der Waals surface area (Å²) >= 11 is 0. The molecule has 1 aliphatic heterocycles. The third-order valence-corrected chi connectivity index (χ3v) is 6.45. The number of benzene rings is 3. The average molecular weight is 403 g/mol. The summed E-state index contributed by atoms with van der Waals surface area (Å²) in [7, 11) is 0. The smallest absolute Gasteiger partial charge is 0.123 e. The number of piperidine rings is 1. The molecule has 0 aromatic heterocycles. The van der Waals surface area contributed by atoms with Crippen LogP contribution in [0, 0.1) is 26.6 Å². The Hall–Kier alpha value is -2.65. The van der Waals surface area contributed by atoms with Crippen LogP contribution in [0.2, 0.25) is 0 Å². The molecule has 3 aromatic carbocycles. The molecule has 3 aromatic rings. The maximum Gasteiger partial charge on any atom is 0.123 e. The van der Waals surface area contributed by atoms with Crippen LogP contribution in [0.5, 0.6) is 0 Å². The van der Waals surface area contributed by atoms with Crippen molar-refractivity contribution in [3.05, 3.63) is 88.7 Å². The van der Waals surface area contributed by atoms with Crippen molar-refractivity contribution in [3.8, 4) is 11.1 Å². The van der Waals surface area contributed by atoms with Gasteiger partial charge in [-0.3, -0.25) is 0 Å². The van der Waals surface area contributed by atoms with Gasteiger partial charge in [0, 0.05) is 18.3 Å². The van der Waals surface area contributed by atoms with E-state index in [1.54, 1.807) is 12.1 Å². The summed E-state index contributed by atoms with van der Waals surface area (Å²) in [5.41, 5.74) is 8.93. The highest BCUT2D eigenvalue weighted by Gasteiger charge is 2.22. The third kappa shape index (κ3) is 4.57. The molecule has 0 atom stereocenters. The fraction of sp³-hybridized carbons (Fsp3) is 0.333. The van der Waals surface area contributed by atoms with Gasteiger partial charge in [-0.1, -0.05) is 30.3 Å². The van der Waals surface area contributed by atoms with E-state index >= 15 is 0 Å². The van der Waals surface area contributed by atoms with Crippen molar-refractivity contribution in [3.63, 3.8) is 0 Å². The van der Waals surface area contributed by atoms with E-state index in [9.17, 15) is 4.39 Å². The molecule has 2 nitrogen and oxygen atoms in total. The maximum absolute atomic E-state index is 13.5. The SMILES string of the molecule is Cc1cc(-c2cccc(CN(c3ccc(F)cc3)C3CCNCC3)c2)cc(C)c1C. The van der Waals surface area contributed by atoms with E-state index in [0.717, 1.165) is 38.2 Å². The van der Waals surface area contributed by atoms with Gasteiger partial charge >= 0.3 is 0 Å². The predicted octanol–water partition coefficient (Wildman–Crippen LogP) is 6.18. The molecule has 3 heteroatoms. The Morgan fingerprint density at radius 3 is 2.20 bits per heavy atom. The van der Waals surface area contributed by atoms with Gasteiger partial charge in [0.15, 0.2) is 0 Å². The van der Waals surface area contributed by atoms with Crippen LogP contribution in [0.3, 0.4) is 0 Å². The molecule has 0 aliphatic carbocycles. The van der Waals surface area contributed by atoms with E-state index in [1.165, 1.54) is 33.4 Å². The molecule has 1 saturated heterocycles. The summed E-state index contributed by atoms with van der Waals surface area (Å²) in [6.07, 6.45) is 2.21. The summed E-state index contributed by atoms with van der Waals surface area (Å²) in [6, 6.07) is 20.8. The highest BCUT2D eigenvalue weighted by Crippen LogP contribution is 2.28. The zero-order chi connectivity index (χ0) is 21.1. The van der Waals surface area contributed by atoms with Gasteiger partial charge in [0.25, 0.3) is 0 Å². The number of nitrogens with one attached hydrogen (secondary N) is 1. The van der Waals surface area contributed by atoms with Crippen LogP contribution in [-0.2, 0) is 6.54 Å². The number of hydrogen-bond donors (Lipinski definition) is 1. The number of hydrogen-bond acceptors (Lipinski definition) is 2. The molecular formula is C27H31FN2. The molecule has 0 saturated carbocycles. The molecule has 4 rings (SSSR count). The second kappa shape index (κ2) is 9.01. The molecule has 0 radical (unpaired) electrons. The summed E-state index contributed by atoms with van der Waals surface area (Å²) < 4.78 is 13.5. The molecule has 0 spiro atoms. The maximum atomic E-state index is 13.5. The van der Waals surface area contributed by atoms with Gasteiger partial charge in [-0.05, 0) is 110 Å². The highest BCUT2D eigenvalue weighted by atomic mass is 19.1. The van der Waals surface area contributed by atoms with Gasteiger partial charge in [-0.25, -0.2) is 4.39 Å². The van der Waals surface area contributed by atoms with Gasteiger partial charge in [-0.2, -0.15) is 0 Å². The lowest BCUT2D eigenvalue weighted by Crippen LogP contribution is -2.43. The van der Waals surface area contributed by atoms with Crippen LogP contribution in [0.15, 0.2) is 60.7 Å². The quantitative estimate of drug-likeness (QED) is 0.548. The Kier molecular flexibility index (Phi) is 6.19. The number of nitrogens with zero attached hydrogens (tertiary/aromatic N) is 1. The Labute approximate surface area is 179 Å². The number of rotatable bonds is 5. The van der Waals surface area contributed by atoms with Crippen LogP contribution in [0.1, 0.15) is 35.1 Å². The van der Waals surface area contributed by atoms with E-state index in [-0.39, 0.29) is 5.82 Å². The Morgan fingerprint density at radius 1 is 0.867 bits per heavy atom. The standard InChI is InChI=1S/C27H31FN2/c1-19-15-24(16-20(2)21(19)3)23-6-4-5-22(17-23)18-30(27-11-13-29-14-12-27)26-9-7-25(28)8-10-26/h4-10,15-17,27,29H,11-14,18H2,1-3H3. The predicted molar refractivity (Wildman–Crippen MR) is 125 cm³/mol. The van der Waals surface area contributed by atoms with Gasteiger partial charge in [0.1, 0.15) is 5.82 Å². The van der Waals surface area contributed by atoms with Crippen LogP contribution in [0.4, 0.5) is 10.1 Å². The minimum Gasteiger partial charge on any atom is -0.364 e. The summed E-state index contributed by atoms with van der Waals surface area (Å²) in [5.74, 6) is -0.184. The summed E-state index contributed by atoms with van der Waals surface area (Å²) in [6.45, 7) is 9.44. The van der Waals surface area contributed by atoms with Crippen molar-refractivity contribution < 1.29 is 4.39 Å². The molecule has 156 valence electrons. The van der Waals surface area contributed by atoms with E-state index in [4.69, 9.17) is 0 Å². The molecule has 1 aliphatic rings. The van der Waals surface area contributed by atoms with E-state index in [2.05, 4.69) is 67.4 Å². The molecule has 0 bridgehead atoms. The Bertz CT molecular complexity index is 981. The van der Waals surface area contributed by atoms with Gasteiger partial charge in [-0.15, -0.1) is 0 Å². The first kappa shape index (κ1) is 20.6. The lowest BCUT2D eigenvalue weighted by Gasteiger charge is -2.36. The first-order chi connectivity index (χ1) is 14.5. The second-order valence-corrected chi connectivity index (χ2v) is 8.52. The highest BCUT2D eigenvalue weighted by molar-refractivity contribution is 5.67. The molecule has 0 unspecified atom stereocenters. The largest absolute Gasteiger partial charge is 0.364 e. The van der Waals surface area contributed by atoms with Crippen molar-refractivity contribution in [2.24, 2.45) is 0 Å². The van der Waals surface area contributed by atoms with E-state index < -0.39 is 0 Å². The van der Waals surface area contributed by atoms with E-state index in [0.29, 0.717) is 6.04 Å². The normalized spacial score (nSPS) is 14.7. The Balaban J connectivity index is 1.65. The summed E-state index contributed by atoms with van der Waals surface area (Å²) in [5, 5.41) is 3.45. The first-order valence-corrected chi connectivity index (χ1v) is 10.9.